The summed E-state index contributed by atoms with van der Waals surface area (Å²) < 4.78 is 0. The zero-order chi connectivity index (χ0) is 8.27. The van der Waals surface area contributed by atoms with Gasteiger partial charge in [0.25, 0.3) is 0 Å². The Bertz CT molecular complexity index is 167. The van der Waals surface area contributed by atoms with Gasteiger partial charge in [0.05, 0.1) is 6.54 Å². The van der Waals surface area contributed by atoms with E-state index in [9.17, 15) is 4.79 Å². The number of carbonyl (C=O) groups is 1. The van der Waals surface area contributed by atoms with E-state index in [1.165, 1.54) is 5.57 Å². The van der Waals surface area contributed by atoms with Crippen LogP contribution in [0.15, 0.2) is 12.2 Å². The standard InChI is InChI=1S/C8H14N2O/c1-7-2-4-10(5-3-7)8(11)6-9/h1-6,9H2. The number of hydrogen-bond acceptors (Lipinski definition) is 2. The molecule has 1 aliphatic heterocycles. The number of piperidine rings is 1. The molecule has 0 bridgehead atoms. The number of nitrogens with zero attached hydrogens (tertiary/aromatic N) is 1. The van der Waals surface area contributed by atoms with Crippen LogP contribution in [-0.4, -0.2) is 30.4 Å². The highest BCUT2D eigenvalue weighted by atomic mass is 16.2. The third-order valence-electron chi connectivity index (χ3n) is 2.00. The predicted octanol–water partition coefficient (Wildman–Crippen LogP) is 0.124. The van der Waals surface area contributed by atoms with Gasteiger partial charge in [-0.1, -0.05) is 12.2 Å². The maximum absolute atomic E-state index is 11.0. The van der Waals surface area contributed by atoms with Crippen molar-refractivity contribution in [2.75, 3.05) is 19.6 Å². The Morgan fingerprint density at radius 1 is 1.55 bits per heavy atom. The molecule has 3 heteroatoms. The van der Waals surface area contributed by atoms with Gasteiger partial charge in [-0.25, -0.2) is 0 Å². The minimum Gasteiger partial charge on any atom is -0.341 e. The third kappa shape index (κ3) is 2.05. The van der Waals surface area contributed by atoms with Gasteiger partial charge in [0.2, 0.25) is 5.91 Å². The van der Waals surface area contributed by atoms with Crippen LogP contribution in [0.2, 0.25) is 0 Å². The molecule has 0 atom stereocenters. The van der Waals surface area contributed by atoms with Crippen LogP contribution in [0, 0.1) is 0 Å². The molecule has 1 fully saturated rings. The summed E-state index contributed by atoms with van der Waals surface area (Å²) in [6, 6.07) is 0. The Labute approximate surface area is 66.9 Å². The second kappa shape index (κ2) is 3.53. The lowest BCUT2D eigenvalue weighted by atomic mass is 10.1. The molecule has 62 valence electrons. The first-order valence-electron chi connectivity index (χ1n) is 3.88. The topological polar surface area (TPSA) is 46.3 Å². The van der Waals surface area contributed by atoms with Crippen molar-refractivity contribution in [1.29, 1.82) is 0 Å². The summed E-state index contributed by atoms with van der Waals surface area (Å²) in [7, 11) is 0. The molecule has 0 aromatic rings. The van der Waals surface area contributed by atoms with Crippen molar-refractivity contribution in [3.8, 4) is 0 Å². The van der Waals surface area contributed by atoms with Gasteiger partial charge in [-0.15, -0.1) is 0 Å². The Hall–Kier alpha value is -0.830. The van der Waals surface area contributed by atoms with Crippen LogP contribution in [0.3, 0.4) is 0 Å². The zero-order valence-corrected chi connectivity index (χ0v) is 6.68. The highest BCUT2D eigenvalue weighted by Gasteiger charge is 2.15. The number of likely N-dealkylation sites (tertiary alicyclic amines) is 1. The first-order valence-corrected chi connectivity index (χ1v) is 3.88. The summed E-state index contributed by atoms with van der Waals surface area (Å²) >= 11 is 0. The van der Waals surface area contributed by atoms with Crippen LogP contribution < -0.4 is 5.73 Å². The fourth-order valence-electron chi connectivity index (χ4n) is 1.20. The van der Waals surface area contributed by atoms with Gasteiger partial charge in [-0.2, -0.15) is 0 Å². The van der Waals surface area contributed by atoms with Crippen LogP contribution in [0.1, 0.15) is 12.8 Å². The molecular formula is C8H14N2O. The van der Waals surface area contributed by atoms with Crippen LogP contribution in [0.4, 0.5) is 0 Å². The molecule has 0 radical (unpaired) electrons. The molecular weight excluding hydrogens is 140 g/mol. The molecule has 1 saturated heterocycles. The number of hydrogen-bond donors (Lipinski definition) is 1. The third-order valence-corrected chi connectivity index (χ3v) is 2.00. The highest BCUT2D eigenvalue weighted by Crippen LogP contribution is 2.13. The lowest BCUT2D eigenvalue weighted by molar-refractivity contribution is -0.130. The molecule has 2 N–H and O–H groups in total. The number of carbonyl (C=O) groups excluding carboxylic acids is 1. The van der Waals surface area contributed by atoms with Crippen molar-refractivity contribution in [1.82, 2.24) is 4.90 Å². The van der Waals surface area contributed by atoms with Gasteiger partial charge in [-0.05, 0) is 12.8 Å². The first kappa shape index (κ1) is 8.27. The molecule has 0 saturated carbocycles. The highest BCUT2D eigenvalue weighted by molar-refractivity contribution is 5.78. The van der Waals surface area contributed by atoms with Crippen LogP contribution in [-0.2, 0) is 4.79 Å². The lowest BCUT2D eigenvalue weighted by Gasteiger charge is -2.27. The van der Waals surface area contributed by atoms with Gasteiger partial charge in [-0.3, -0.25) is 4.79 Å². The molecule has 1 aliphatic rings. The van der Waals surface area contributed by atoms with Gasteiger partial charge < -0.3 is 10.6 Å². The molecule has 0 aromatic carbocycles. The Kier molecular flexibility index (Phi) is 2.65. The first-order chi connectivity index (χ1) is 5.24. The van der Waals surface area contributed by atoms with Crippen LogP contribution in [0.5, 0.6) is 0 Å². The largest absolute Gasteiger partial charge is 0.341 e. The summed E-state index contributed by atoms with van der Waals surface area (Å²) in [6.07, 6.45) is 1.87. The quantitative estimate of drug-likeness (QED) is 0.545. The van der Waals surface area contributed by atoms with E-state index in [0.29, 0.717) is 0 Å². The van der Waals surface area contributed by atoms with Crippen molar-refractivity contribution in [3.63, 3.8) is 0 Å². The van der Waals surface area contributed by atoms with Crippen molar-refractivity contribution in [2.24, 2.45) is 5.73 Å². The van der Waals surface area contributed by atoms with E-state index in [-0.39, 0.29) is 12.5 Å². The van der Waals surface area contributed by atoms with Gasteiger partial charge in [0.15, 0.2) is 0 Å². The summed E-state index contributed by atoms with van der Waals surface area (Å²) in [6.45, 7) is 5.60. The fraction of sp³-hybridized carbons (Fsp3) is 0.625. The Balaban J connectivity index is 2.39. The van der Waals surface area contributed by atoms with E-state index in [0.717, 1.165) is 25.9 Å². The number of amides is 1. The molecule has 3 nitrogen and oxygen atoms in total. The van der Waals surface area contributed by atoms with Gasteiger partial charge in [0.1, 0.15) is 0 Å². The van der Waals surface area contributed by atoms with E-state index < -0.39 is 0 Å². The average molecular weight is 154 g/mol. The molecule has 0 aromatic heterocycles. The maximum Gasteiger partial charge on any atom is 0.236 e. The average Bonchev–Trinajstić information content (AvgIpc) is 2.05. The van der Waals surface area contributed by atoms with Crippen molar-refractivity contribution in [3.05, 3.63) is 12.2 Å². The molecule has 0 spiro atoms. The second-order valence-electron chi connectivity index (χ2n) is 2.83. The van der Waals surface area contributed by atoms with E-state index >= 15 is 0 Å². The fourth-order valence-corrected chi connectivity index (χ4v) is 1.20. The van der Waals surface area contributed by atoms with Gasteiger partial charge in [0, 0.05) is 13.1 Å². The van der Waals surface area contributed by atoms with Crippen molar-refractivity contribution >= 4 is 5.91 Å². The zero-order valence-electron chi connectivity index (χ0n) is 6.68. The SMILES string of the molecule is C=C1CCN(C(=O)CN)CC1. The minimum absolute atomic E-state index is 0.0532. The Morgan fingerprint density at radius 2 is 2.09 bits per heavy atom. The van der Waals surface area contributed by atoms with E-state index in [4.69, 9.17) is 5.73 Å². The molecule has 0 aliphatic carbocycles. The monoisotopic (exact) mass is 154 g/mol. The van der Waals surface area contributed by atoms with Crippen molar-refractivity contribution in [2.45, 2.75) is 12.8 Å². The van der Waals surface area contributed by atoms with Crippen molar-refractivity contribution < 1.29 is 4.79 Å². The Morgan fingerprint density at radius 3 is 2.55 bits per heavy atom. The van der Waals surface area contributed by atoms with Crippen LogP contribution >= 0.6 is 0 Å². The molecule has 1 amide bonds. The summed E-state index contributed by atoms with van der Waals surface area (Å²) in [5.41, 5.74) is 6.47. The molecule has 1 heterocycles. The summed E-state index contributed by atoms with van der Waals surface area (Å²) in [5, 5.41) is 0. The van der Waals surface area contributed by atoms with E-state index in [2.05, 4.69) is 6.58 Å². The molecule has 0 unspecified atom stereocenters. The summed E-state index contributed by atoms with van der Waals surface area (Å²) in [4.78, 5) is 12.8. The summed E-state index contributed by atoms with van der Waals surface area (Å²) in [5.74, 6) is 0.0532. The lowest BCUT2D eigenvalue weighted by Crippen LogP contribution is -2.39. The minimum atomic E-state index is 0.0532. The van der Waals surface area contributed by atoms with E-state index in [1.807, 2.05) is 0 Å². The smallest absolute Gasteiger partial charge is 0.236 e. The van der Waals surface area contributed by atoms with Crippen LogP contribution in [0.25, 0.3) is 0 Å². The van der Waals surface area contributed by atoms with E-state index in [1.54, 1.807) is 4.90 Å². The number of nitrogens with two attached hydrogens (primary N) is 1. The molecule has 1 rings (SSSR count). The van der Waals surface area contributed by atoms with Gasteiger partial charge >= 0.3 is 0 Å². The predicted molar refractivity (Wildman–Crippen MR) is 44.0 cm³/mol. The number of rotatable bonds is 1. The molecule has 11 heavy (non-hydrogen) atoms. The second-order valence-corrected chi connectivity index (χ2v) is 2.83. The maximum atomic E-state index is 11.0. The normalized spacial score (nSPS) is 18.6.